The third-order valence-electron chi connectivity index (χ3n) is 2.91. The van der Waals surface area contributed by atoms with E-state index in [-0.39, 0.29) is 11.7 Å². The molecule has 0 heterocycles. The van der Waals surface area contributed by atoms with Gasteiger partial charge in [-0.2, -0.15) is 0 Å². The fourth-order valence-corrected chi connectivity index (χ4v) is 1.70. The molecule has 0 saturated heterocycles. The van der Waals surface area contributed by atoms with Crippen molar-refractivity contribution in [2.45, 2.75) is 25.4 Å². The normalized spacial score (nSPS) is 30.0. The van der Waals surface area contributed by atoms with E-state index in [1.807, 2.05) is 30.3 Å². The molecule has 1 aromatic rings. The molecule has 2 rings (SSSR count). The molecule has 0 aliphatic heterocycles. The van der Waals surface area contributed by atoms with Crippen molar-refractivity contribution in [3.63, 3.8) is 0 Å². The largest absolute Gasteiger partial charge is 0.390 e. The second-order valence-corrected chi connectivity index (χ2v) is 4.25. The number of carbonyl (C=O) groups is 1. The molecular formula is C12H14O2. The van der Waals surface area contributed by atoms with Crippen molar-refractivity contribution in [3.05, 3.63) is 35.9 Å². The third kappa shape index (κ3) is 1.85. The van der Waals surface area contributed by atoms with Crippen LogP contribution in [0, 0.1) is 5.92 Å². The van der Waals surface area contributed by atoms with E-state index in [0.29, 0.717) is 6.42 Å². The van der Waals surface area contributed by atoms with Gasteiger partial charge in [0.15, 0.2) is 5.78 Å². The number of benzene rings is 1. The first kappa shape index (κ1) is 9.41. The smallest absolute Gasteiger partial charge is 0.163 e. The molecule has 2 atom stereocenters. The molecule has 2 unspecified atom stereocenters. The van der Waals surface area contributed by atoms with Gasteiger partial charge < -0.3 is 5.11 Å². The van der Waals surface area contributed by atoms with Crippen LogP contribution < -0.4 is 0 Å². The quantitative estimate of drug-likeness (QED) is 0.740. The van der Waals surface area contributed by atoms with Crippen LogP contribution in [0.15, 0.2) is 30.3 Å². The summed E-state index contributed by atoms with van der Waals surface area (Å²) in [5.74, 6) is 0.295. The summed E-state index contributed by atoms with van der Waals surface area (Å²) in [6.07, 6.45) is 1.22. The predicted molar refractivity (Wildman–Crippen MR) is 54.1 cm³/mol. The number of hydrogen-bond acceptors (Lipinski definition) is 2. The SMILES string of the molecule is CC1(O)CC1CC(=O)c1ccccc1. The Morgan fingerprint density at radius 2 is 2.07 bits per heavy atom. The first-order chi connectivity index (χ1) is 6.59. The highest BCUT2D eigenvalue weighted by Gasteiger charge is 2.49. The van der Waals surface area contributed by atoms with Gasteiger partial charge in [0.2, 0.25) is 0 Å². The molecule has 0 bridgehead atoms. The Morgan fingerprint density at radius 3 is 2.57 bits per heavy atom. The van der Waals surface area contributed by atoms with Gasteiger partial charge in [0.05, 0.1) is 5.60 Å². The van der Waals surface area contributed by atoms with Crippen LogP contribution >= 0.6 is 0 Å². The van der Waals surface area contributed by atoms with E-state index >= 15 is 0 Å². The summed E-state index contributed by atoms with van der Waals surface area (Å²) in [5.41, 5.74) is 0.153. The monoisotopic (exact) mass is 190 g/mol. The number of carbonyl (C=O) groups excluding carboxylic acids is 1. The minimum absolute atomic E-state index is 0.133. The zero-order valence-electron chi connectivity index (χ0n) is 8.23. The van der Waals surface area contributed by atoms with Crippen LogP contribution in [-0.4, -0.2) is 16.5 Å². The molecule has 1 aromatic carbocycles. The second-order valence-electron chi connectivity index (χ2n) is 4.25. The number of ketones is 1. The molecule has 2 heteroatoms. The van der Waals surface area contributed by atoms with Gasteiger partial charge in [-0.15, -0.1) is 0 Å². The molecule has 0 aromatic heterocycles. The Balaban J connectivity index is 1.98. The maximum absolute atomic E-state index is 11.7. The summed E-state index contributed by atoms with van der Waals surface area (Å²) in [6, 6.07) is 9.25. The average molecular weight is 190 g/mol. The summed E-state index contributed by atoms with van der Waals surface area (Å²) < 4.78 is 0. The highest BCUT2D eigenvalue weighted by atomic mass is 16.3. The van der Waals surface area contributed by atoms with Crippen LogP contribution in [0.3, 0.4) is 0 Å². The molecule has 74 valence electrons. The van der Waals surface area contributed by atoms with Gasteiger partial charge in [-0.3, -0.25) is 4.79 Å². The highest BCUT2D eigenvalue weighted by molar-refractivity contribution is 5.96. The van der Waals surface area contributed by atoms with E-state index in [1.54, 1.807) is 6.92 Å². The van der Waals surface area contributed by atoms with Crippen molar-refractivity contribution in [1.29, 1.82) is 0 Å². The molecule has 0 amide bonds. The Labute approximate surface area is 83.6 Å². The Kier molecular flexibility index (Phi) is 2.16. The predicted octanol–water partition coefficient (Wildman–Crippen LogP) is 2.03. The Bertz CT molecular complexity index is 341. The average Bonchev–Trinajstić information content (AvgIpc) is 2.75. The molecule has 1 N–H and O–H groups in total. The standard InChI is InChI=1S/C12H14O2/c1-12(14)8-10(12)7-11(13)9-5-3-2-4-6-9/h2-6,10,14H,7-8H2,1H3. The van der Waals surface area contributed by atoms with Crippen LogP contribution in [0.2, 0.25) is 0 Å². The molecule has 1 fully saturated rings. The van der Waals surface area contributed by atoms with E-state index in [9.17, 15) is 9.90 Å². The molecule has 0 radical (unpaired) electrons. The molecule has 14 heavy (non-hydrogen) atoms. The molecule has 1 saturated carbocycles. The first-order valence-corrected chi connectivity index (χ1v) is 4.90. The summed E-state index contributed by atoms with van der Waals surface area (Å²) in [6.45, 7) is 1.79. The molecule has 1 aliphatic carbocycles. The minimum Gasteiger partial charge on any atom is -0.390 e. The highest BCUT2D eigenvalue weighted by Crippen LogP contribution is 2.45. The third-order valence-corrected chi connectivity index (χ3v) is 2.91. The van der Waals surface area contributed by atoms with Crippen molar-refractivity contribution in [3.8, 4) is 0 Å². The van der Waals surface area contributed by atoms with Crippen molar-refractivity contribution >= 4 is 5.78 Å². The lowest BCUT2D eigenvalue weighted by atomic mass is 10.0. The van der Waals surface area contributed by atoms with E-state index in [0.717, 1.165) is 12.0 Å². The summed E-state index contributed by atoms with van der Waals surface area (Å²) in [5, 5.41) is 9.54. The van der Waals surface area contributed by atoms with Gasteiger partial charge in [-0.05, 0) is 19.3 Å². The summed E-state index contributed by atoms with van der Waals surface area (Å²) in [4.78, 5) is 11.7. The van der Waals surface area contributed by atoms with Crippen molar-refractivity contribution in [2.75, 3.05) is 0 Å². The molecule has 2 nitrogen and oxygen atoms in total. The molecule has 1 aliphatic rings. The second kappa shape index (κ2) is 3.21. The van der Waals surface area contributed by atoms with E-state index < -0.39 is 5.60 Å². The van der Waals surface area contributed by atoms with Crippen LogP contribution in [0.4, 0.5) is 0 Å². The number of aliphatic hydroxyl groups is 1. The fourth-order valence-electron chi connectivity index (χ4n) is 1.70. The first-order valence-electron chi connectivity index (χ1n) is 4.90. The lowest BCUT2D eigenvalue weighted by Crippen LogP contribution is -2.08. The van der Waals surface area contributed by atoms with Gasteiger partial charge in [0.25, 0.3) is 0 Å². The van der Waals surface area contributed by atoms with Gasteiger partial charge in [-0.25, -0.2) is 0 Å². The van der Waals surface area contributed by atoms with Crippen LogP contribution in [-0.2, 0) is 0 Å². The van der Waals surface area contributed by atoms with E-state index in [1.165, 1.54) is 0 Å². The Morgan fingerprint density at radius 1 is 1.50 bits per heavy atom. The number of Topliss-reactive ketones (excluding diaryl/α,β-unsaturated/α-hetero) is 1. The lowest BCUT2D eigenvalue weighted by Gasteiger charge is -2.02. The van der Waals surface area contributed by atoms with Crippen molar-refractivity contribution in [2.24, 2.45) is 5.92 Å². The number of hydrogen-bond donors (Lipinski definition) is 1. The summed E-state index contributed by atoms with van der Waals surface area (Å²) >= 11 is 0. The van der Waals surface area contributed by atoms with Gasteiger partial charge in [0.1, 0.15) is 0 Å². The maximum atomic E-state index is 11.7. The van der Waals surface area contributed by atoms with Crippen LogP contribution in [0.25, 0.3) is 0 Å². The van der Waals surface area contributed by atoms with Crippen molar-refractivity contribution < 1.29 is 9.90 Å². The lowest BCUT2D eigenvalue weighted by molar-refractivity contribution is 0.0941. The Hall–Kier alpha value is -1.15. The van der Waals surface area contributed by atoms with Gasteiger partial charge >= 0.3 is 0 Å². The van der Waals surface area contributed by atoms with Crippen molar-refractivity contribution in [1.82, 2.24) is 0 Å². The topological polar surface area (TPSA) is 37.3 Å². The van der Waals surface area contributed by atoms with E-state index in [2.05, 4.69) is 0 Å². The van der Waals surface area contributed by atoms with Gasteiger partial charge in [0, 0.05) is 12.0 Å². The zero-order chi connectivity index (χ0) is 10.2. The van der Waals surface area contributed by atoms with Crippen LogP contribution in [0.5, 0.6) is 0 Å². The van der Waals surface area contributed by atoms with Crippen LogP contribution in [0.1, 0.15) is 30.1 Å². The fraction of sp³-hybridized carbons (Fsp3) is 0.417. The molecule has 0 spiro atoms. The maximum Gasteiger partial charge on any atom is 0.163 e. The number of rotatable bonds is 3. The van der Waals surface area contributed by atoms with Gasteiger partial charge in [-0.1, -0.05) is 30.3 Å². The van der Waals surface area contributed by atoms with E-state index in [4.69, 9.17) is 0 Å². The zero-order valence-corrected chi connectivity index (χ0v) is 8.23. The minimum atomic E-state index is -0.593. The summed E-state index contributed by atoms with van der Waals surface area (Å²) in [7, 11) is 0. The molecular weight excluding hydrogens is 176 g/mol.